The molecule has 7 heteroatoms. The molecule has 0 amide bonds. The highest BCUT2D eigenvalue weighted by molar-refractivity contribution is 6.03. The van der Waals surface area contributed by atoms with Gasteiger partial charge >= 0.3 is 0 Å². The molecule has 2 aromatic carbocycles. The number of anilines is 1. The first-order valence-corrected chi connectivity index (χ1v) is 8.80. The first-order valence-electron chi connectivity index (χ1n) is 8.80. The Morgan fingerprint density at radius 3 is 2.36 bits per heavy atom. The molecule has 0 radical (unpaired) electrons. The number of rotatable bonds is 6. The van der Waals surface area contributed by atoms with Crippen LogP contribution >= 0.6 is 0 Å². The minimum atomic E-state index is -1.13. The van der Waals surface area contributed by atoms with Crippen molar-refractivity contribution in [3.63, 3.8) is 0 Å². The minimum absolute atomic E-state index is 0.279. The van der Waals surface area contributed by atoms with Gasteiger partial charge in [-0.25, -0.2) is 10.1 Å². The van der Waals surface area contributed by atoms with Crippen molar-refractivity contribution in [2.75, 3.05) is 5.43 Å². The molecule has 1 unspecified atom stereocenters. The van der Waals surface area contributed by atoms with E-state index in [4.69, 9.17) is 0 Å². The Bertz CT molecular complexity index is 1110. The van der Waals surface area contributed by atoms with Gasteiger partial charge in [0, 0.05) is 12.6 Å². The van der Waals surface area contributed by atoms with Gasteiger partial charge in [-0.15, -0.1) is 0 Å². The van der Waals surface area contributed by atoms with Gasteiger partial charge in [0.1, 0.15) is 5.69 Å². The van der Waals surface area contributed by atoms with E-state index in [1.807, 2.05) is 55.5 Å². The third-order valence-electron chi connectivity index (χ3n) is 4.70. The molecule has 0 aliphatic rings. The lowest BCUT2D eigenvalue weighted by Gasteiger charge is -2.13. The number of aryl methyl sites for hydroxylation is 1. The number of carbonyl (C=O) groups is 1. The number of hydrogen-bond donors (Lipinski definition) is 2. The maximum atomic E-state index is 12.9. The zero-order chi connectivity index (χ0) is 20.3. The normalized spacial score (nSPS) is 11.6. The van der Waals surface area contributed by atoms with E-state index >= 15 is 0 Å². The summed E-state index contributed by atoms with van der Waals surface area (Å²) in [6.07, 6.45) is 0. The summed E-state index contributed by atoms with van der Waals surface area (Å²) in [5.41, 5.74) is 8.13. The molecule has 3 aromatic rings. The fraction of sp³-hybridized carbons (Fsp3) is 0.190. The standard InChI is InChI=1S/C21H21N5O2/c1-14-9-7-8-12-17(14)20(27)18(13-22)23-24-19-15(2)25(3)26(21(19)28)16-10-5-4-6-11-16/h4-12,18,23-24H,1-3H3. The summed E-state index contributed by atoms with van der Waals surface area (Å²) in [7, 11) is 1.77. The van der Waals surface area contributed by atoms with E-state index in [-0.39, 0.29) is 17.0 Å². The van der Waals surface area contributed by atoms with Crippen LogP contribution in [0.15, 0.2) is 59.4 Å². The lowest BCUT2D eigenvalue weighted by Crippen LogP contribution is -2.40. The van der Waals surface area contributed by atoms with Gasteiger partial charge in [0.25, 0.3) is 5.56 Å². The molecule has 0 bridgehead atoms. The van der Waals surface area contributed by atoms with Gasteiger partial charge in [-0.2, -0.15) is 5.26 Å². The average molecular weight is 375 g/mol. The number of hydrogen-bond acceptors (Lipinski definition) is 5. The number of nitrogens with zero attached hydrogens (tertiary/aromatic N) is 3. The molecule has 28 heavy (non-hydrogen) atoms. The molecule has 0 aliphatic heterocycles. The van der Waals surface area contributed by atoms with Crippen LogP contribution in [0.2, 0.25) is 0 Å². The predicted molar refractivity (Wildman–Crippen MR) is 107 cm³/mol. The van der Waals surface area contributed by atoms with Gasteiger partial charge in [-0.3, -0.25) is 14.3 Å². The van der Waals surface area contributed by atoms with E-state index in [0.717, 1.165) is 11.3 Å². The molecule has 2 N–H and O–H groups in total. The Balaban J connectivity index is 1.87. The van der Waals surface area contributed by atoms with Crippen LogP contribution in [0.1, 0.15) is 21.6 Å². The Kier molecular flexibility index (Phi) is 5.43. The summed E-state index contributed by atoms with van der Waals surface area (Å²) in [6, 6.07) is 17.1. The van der Waals surface area contributed by atoms with Gasteiger partial charge < -0.3 is 5.43 Å². The Hall–Kier alpha value is -3.63. The fourth-order valence-electron chi connectivity index (χ4n) is 3.02. The molecule has 1 heterocycles. The van der Waals surface area contributed by atoms with Crippen LogP contribution in [0.4, 0.5) is 5.69 Å². The Labute approximate surface area is 162 Å². The molecule has 1 atom stereocenters. The van der Waals surface area contributed by atoms with E-state index in [1.54, 1.807) is 30.8 Å². The fourth-order valence-corrected chi connectivity index (χ4v) is 3.02. The smallest absolute Gasteiger partial charge is 0.296 e. The maximum Gasteiger partial charge on any atom is 0.296 e. The van der Waals surface area contributed by atoms with Gasteiger partial charge in [0.15, 0.2) is 11.8 Å². The van der Waals surface area contributed by atoms with Crippen molar-refractivity contribution in [3.05, 3.63) is 81.8 Å². The summed E-state index contributed by atoms with van der Waals surface area (Å²) in [5.74, 6) is -0.356. The molecular weight excluding hydrogens is 354 g/mol. The monoisotopic (exact) mass is 375 g/mol. The third-order valence-corrected chi connectivity index (χ3v) is 4.70. The largest absolute Gasteiger partial charge is 0.313 e. The number of aromatic nitrogens is 2. The molecule has 3 rings (SSSR count). The second-order valence-electron chi connectivity index (χ2n) is 6.45. The van der Waals surface area contributed by atoms with Crippen molar-refractivity contribution >= 4 is 11.5 Å². The van der Waals surface area contributed by atoms with Crippen LogP contribution in [0.25, 0.3) is 5.69 Å². The molecule has 0 saturated carbocycles. The number of carbonyl (C=O) groups excluding carboxylic acids is 1. The summed E-state index contributed by atoms with van der Waals surface area (Å²) in [4.78, 5) is 25.5. The first-order chi connectivity index (χ1) is 13.5. The topological polar surface area (TPSA) is 91.8 Å². The van der Waals surface area contributed by atoms with E-state index in [9.17, 15) is 14.9 Å². The highest BCUT2D eigenvalue weighted by atomic mass is 16.1. The van der Waals surface area contributed by atoms with E-state index < -0.39 is 6.04 Å². The summed E-state index contributed by atoms with van der Waals surface area (Å²) < 4.78 is 3.23. The minimum Gasteiger partial charge on any atom is -0.313 e. The second kappa shape index (κ2) is 7.94. The van der Waals surface area contributed by atoms with Gasteiger partial charge in [-0.05, 0) is 31.5 Å². The van der Waals surface area contributed by atoms with Crippen molar-refractivity contribution in [1.29, 1.82) is 5.26 Å². The van der Waals surface area contributed by atoms with Crippen LogP contribution < -0.4 is 16.4 Å². The van der Waals surface area contributed by atoms with E-state index in [1.165, 1.54) is 4.68 Å². The molecule has 0 saturated heterocycles. The molecule has 1 aromatic heterocycles. The molecule has 0 spiro atoms. The average Bonchev–Trinajstić information content (AvgIpc) is 2.92. The number of para-hydroxylation sites is 1. The maximum absolute atomic E-state index is 12.9. The zero-order valence-corrected chi connectivity index (χ0v) is 15.9. The summed E-state index contributed by atoms with van der Waals surface area (Å²) in [5, 5.41) is 9.44. The summed E-state index contributed by atoms with van der Waals surface area (Å²) in [6.45, 7) is 3.60. The lowest BCUT2D eigenvalue weighted by atomic mass is 10.0. The summed E-state index contributed by atoms with van der Waals surface area (Å²) >= 11 is 0. The SMILES string of the molecule is Cc1ccccc1C(=O)C(C#N)NNc1c(C)n(C)n(-c2ccccc2)c1=O. The van der Waals surface area contributed by atoms with Crippen molar-refractivity contribution in [2.24, 2.45) is 7.05 Å². The quantitative estimate of drug-likeness (QED) is 0.510. The predicted octanol–water partition coefficient (Wildman–Crippen LogP) is 2.48. The van der Waals surface area contributed by atoms with Crippen molar-refractivity contribution in [2.45, 2.75) is 19.9 Å². The van der Waals surface area contributed by atoms with Crippen LogP contribution in [0.3, 0.4) is 0 Å². The number of nitriles is 1. The van der Waals surface area contributed by atoms with Crippen LogP contribution in [0, 0.1) is 25.2 Å². The highest BCUT2D eigenvalue weighted by Gasteiger charge is 2.22. The zero-order valence-electron chi connectivity index (χ0n) is 15.9. The molecule has 0 fully saturated rings. The van der Waals surface area contributed by atoms with Crippen molar-refractivity contribution in [3.8, 4) is 11.8 Å². The Morgan fingerprint density at radius 2 is 1.71 bits per heavy atom. The number of Topliss-reactive ketones (excluding diaryl/α,β-unsaturated/α-hetero) is 1. The van der Waals surface area contributed by atoms with Gasteiger partial charge in [0.05, 0.1) is 17.5 Å². The molecule has 7 nitrogen and oxygen atoms in total. The van der Waals surface area contributed by atoms with Gasteiger partial charge in [-0.1, -0.05) is 42.5 Å². The van der Waals surface area contributed by atoms with E-state index in [2.05, 4.69) is 10.9 Å². The van der Waals surface area contributed by atoms with Crippen LogP contribution in [0.5, 0.6) is 0 Å². The number of benzene rings is 2. The van der Waals surface area contributed by atoms with Gasteiger partial charge in [0.2, 0.25) is 0 Å². The molecular formula is C21H21N5O2. The third kappa shape index (κ3) is 3.46. The Morgan fingerprint density at radius 1 is 1.07 bits per heavy atom. The molecule has 0 aliphatic carbocycles. The number of nitrogens with one attached hydrogen (secondary N) is 2. The molecule has 142 valence electrons. The van der Waals surface area contributed by atoms with Crippen molar-refractivity contribution < 1.29 is 4.79 Å². The van der Waals surface area contributed by atoms with Crippen LogP contribution in [-0.2, 0) is 7.05 Å². The van der Waals surface area contributed by atoms with Crippen molar-refractivity contribution in [1.82, 2.24) is 14.8 Å². The number of ketones is 1. The number of hydrazine groups is 1. The first kappa shape index (κ1) is 19.1. The highest BCUT2D eigenvalue weighted by Crippen LogP contribution is 2.14. The second-order valence-corrected chi connectivity index (χ2v) is 6.45. The van der Waals surface area contributed by atoms with Crippen LogP contribution in [-0.4, -0.2) is 21.2 Å². The lowest BCUT2D eigenvalue weighted by molar-refractivity contribution is 0.0968. The van der Waals surface area contributed by atoms with E-state index in [0.29, 0.717) is 11.3 Å².